The lowest BCUT2D eigenvalue weighted by Crippen LogP contribution is -2.51. The van der Waals surface area contributed by atoms with Gasteiger partial charge in [0.1, 0.15) is 11.8 Å². The van der Waals surface area contributed by atoms with Crippen molar-refractivity contribution >= 4 is 11.8 Å². The van der Waals surface area contributed by atoms with E-state index in [9.17, 15) is 9.59 Å². The summed E-state index contributed by atoms with van der Waals surface area (Å²) in [5.74, 6) is 0.513. The number of furan rings is 1. The van der Waals surface area contributed by atoms with Crippen molar-refractivity contribution < 1.29 is 14.0 Å². The van der Waals surface area contributed by atoms with Crippen LogP contribution >= 0.6 is 0 Å². The Morgan fingerprint density at radius 1 is 1.12 bits per heavy atom. The van der Waals surface area contributed by atoms with Gasteiger partial charge in [-0.15, -0.1) is 0 Å². The Balaban J connectivity index is 1.59. The van der Waals surface area contributed by atoms with Gasteiger partial charge in [0.25, 0.3) is 5.91 Å². The molecule has 134 valence electrons. The fourth-order valence-corrected chi connectivity index (χ4v) is 3.16. The van der Waals surface area contributed by atoms with E-state index < -0.39 is 0 Å². The van der Waals surface area contributed by atoms with Crippen molar-refractivity contribution in [3.63, 3.8) is 0 Å². The second-order valence-corrected chi connectivity index (χ2v) is 6.47. The number of benzene rings is 1. The normalized spacial score (nSPS) is 14.2. The Labute approximate surface area is 152 Å². The van der Waals surface area contributed by atoms with Gasteiger partial charge >= 0.3 is 0 Å². The fourth-order valence-electron chi connectivity index (χ4n) is 3.16. The first-order chi connectivity index (χ1) is 12.5. The van der Waals surface area contributed by atoms with Crippen molar-refractivity contribution in [3.8, 4) is 6.07 Å². The van der Waals surface area contributed by atoms with Crippen LogP contribution in [0.5, 0.6) is 0 Å². The molecule has 1 saturated heterocycles. The largest absolute Gasteiger partial charge is 0.450 e. The standard InChI is InChI=1S/C20H21N3O3/c1-14-5-3-4-6-16(14)11-19(24)22-7-9-23(10-8-22)20(25)18-12-17(13-21)26-15(18)2/h3-6,12H,7-11H2,1-2H3. The van der Waals surface area contributed by atoms with Gasteiger partial charge in [0.2, 0.25) is 11.7 Å². The van der Waals surface area contributed by atoms with Gasteiger partial charge in [-0.05, 0) is 25.0 Å². The van der Waals surface area contributed by atoms with Crippen LogP contribution in [0, 0.1) is 25.2 Å². The molecule has 0 saturated carbocycles. The molecular formula is C20H21N3O3. The van der Waals surface area contributed by atoms with Gasteiger partial charge in [-0.3, -0.25) is 9.59 Å². The van der Waals surface area contributed by atoms with Gasteiger partial charge in [-0.1, -0.05) is 24.3 Å². The van der Waals surface area contributed by atoms with Crippen molar-refractivity contribution in [3.05, 3.63) is 58.5 Å². The predicted molar refractivity (Wildman–Crippen MR) is 95.5 cm³/mol. The SMILES string of the molecule is Cc1ccccc1CC(=O)N1CCN(C(=O)c2cc(C#N)oc2C)CC1. The van der Waals surface area contributed by atoms with Crippen LogP contribution in [0.1, 0.15) is 33.0 Å². The summed E-state index contributed by atoms with van der Waals surface area (Å²) in [5.41, 5.74) is 2.56. The first-order valence-corrected chi connectivity index (χ1v) is 8.61. The smallest absolute Gasteiger partial charge is 0.257 e. The van der Waals surface area contributed by atoms with Crippen LogP contribution in [-0.4, -0.2) is 47.8 Å². The van der Waals surface area contributed by atoms with Gasteiger partial charge in [-0.25, -0.2) is 0 Å². The maximum Gasteiger partial charge on any atom is 0.257 e. The quantitative estimate of drug-likeness (QED) is 0.850. The maximum absolute atomic E-state index is 12.6. The van der Waals surface area contributed by atoms with Crippen LogP contribution in [0.25, 0.3) is 0 Å². The summed E-state index contributed by atoms with van der Waals surface area (Å²) in [7, 11) is 0. The topological polar surface area (TPSA) is 77.5 Å². The molecule has 26 heavy (non-hydrogen) atoms. The molecule has 0 bridgehead atoms. The molecular weight excluding hydrogens is 330 g/mol. The molecule has 0 spiro atoms. The van der Waals surface area contributed by atoms with Gasteiger partial charge in [0, 0.05) is 32.2 Å². The monoisotopic (exact) mass is 351 g/mol. The Morgan fingerprint density at radius 2 is 1.77 bits per heavy atom. The molecule has 6 nitrogen and oxygen atoms in total. The first-order valence-electron chi connectivity index (χ1n) is 8.61. The lowest BCUT2D eigenvalue weighted by atomic mass is 10.1. The molecule has 2 amide bonds. The molecule has 2 aromatic rings. The highest BCUT2D eigenvalue weighted by atomic mass is 16.3. The van der Waals surface area contributed by atoms with E-state index in [1.807, 2.05) is 37.3 Å². The Morgan fingerprint density at radius 3 is 2.38 bits per heavy atom. The summed E-state index contributed by atoms with van der Waals surface area (Å²) in [6.45, 7) is 5.66. The Bertz CT molecular complexity index is 871. The molecule has 0 N–H and O–H groups in total. The second kappa shape index (κ2) is 7.44. The third kappa shape index (κ3) is 3.62. The molecule has 6 heteroatoms. The minimum absolute atomic E-state index is 0.0812. The van der Waals surface area contributed by atoms with Crippen LogP contribution in [0.15, 0.2) is 34.7 Å². The van der Waals surface area contributed by atoms with Gasteiger partial charge in [-0.2, -0.15) is 5.26 Å². The zero-order valence-electron chi connectivity index (χ0n) is 15.0. The highest BCUT2D eigenvalue weighted by molar-refractivity contribution is 5.95. The van der Waals surface area contributed by atoms with E-state index in [1.165, 1.54) is 6.07 Å². The lowest BCUT2D eigenvalue weighted by Gasteiger charge is -2.34. The fraction of sp³-hybridized carbons (Fsp3) is 0.350. The number of amides is 2. The molecule has 1 aromatic heterocycles. The second-order valence-electron chi connectivity index (χ2n) is 6.47. The van der Waals surface area contributed by atoms with Crippen LogP contribution in [0.2, 0.25) is 0 Å². The Hall–Kier alpha value is -3.07. The van der Waals surface area contributed by atoms with Crippen molar-refractivity contribution in [2.24, 2.45) is 0 Å². The summed E-state index contributed by atoms with van der Waals surface area (Å²) in [5, 5.41) is 8.89. The van der Waals surface area contributed by atoms with Crippen LogP contribution in [-0.2, 0) is 11.2 Å². The summed E-state index contributed by atoms with van der Waals surface area (Å²) in [6, 6.07) is 11.3. The molecule has 1 aromatic carbocycles. The average molecular weight is 351 g/mol. The van der Waals surface area contributed by atoms with E-state index in [4.69, 9.17) is 9.68 Å². The van der Waals surface area contributed by atoms with Crippen LogP contribution < -0.4 is 0 Å². The number of carbonyl (C=O) groups excluding carboxylic acids is 2. The molecule has 1 aliphatic rings. The van der Waals surface area contributed by atoms with E-state index in [0.717, 1.165) is 11.1 Å². The van der Waals surface area contributed by atoms with Gasteiger partial charge < -0.3 is 14.2 Å². The van der Waals surface area contributed by atoms with E-state index in [0.29, 0.717) is 43.9 Å². The van der Waals surface area contributed by atoms with Crippen LogP contribution in [0.3, 0.4) is 0 Å². The predicted octanol–water partition coefficient (Wildman–Crippen LogP) is 2.30. The lowest BCUT2D eigenvalue weighted by molar-refractivity contribution is -0.131. The number of hydrogen-bond acceptors (Lipinski definition) is 4. The third-order valence-electron chi connectivity index (χ3n) is 4.78. The molecule has 1 aliphatic heterocycles. The summed E-state index contributed by atoms with van der Waals surface area (Å²) < 4.78 is 5.24. The highest BCUT2D eigenvalue weighted by Gasteiger charge is 2.27. The van der Waals surface area contributed by atoms with E-state index in [2.05, 4.69) is 0 Å². The maximum atomic E-state index is 12.6. The molecule has 0 atom stereocenters. The number of carbonyl (C=O) groups is 2. The number of nitriles is 1. The van der Waals surface area contributed by atoms with Gasteiger partial charge in [0.05, 0.1) is 12.0 Å². The Kier molecular flexibility index (Phi) is 5.08. The summed E-state index contributed by atoms with van der Waals surface area (Å²) in [4.78, 5) is 28.7. The van der Waals surface area contributed by atoms with E-state index in [-0.39, 0.29) is 17.6 Å². The minimum Gasteiger partial charge on any atom is -0.450 e. The van der Waals surface area contributed by atoms with Crippen molar-refractivity contribution in [2.45, 2.75) is 20.3 Å². The number of nitrogens with zero attached hydrogens (tertiary/aromatic N) is 3. The van der Waals surface area contributed by atoms with Crippen molar-refractivity contribution in [1.29, 1.82) is 5.26 Å². The first kappa shape index (κ1) is 17.7. The number of piperazine rings is 1. The summed E-state index contributed by atoms with van der Waals surface area (Å²) in [6.07, 6.45) is 0.382. The van der Waals surface area contributed by atoms with Gasteiger partial charge in [0.15, 0.2) is 0 Å². The number of rotatable bonds is 3. The third-order valence-corrected chi connectivity index (χ3v) is 4.78. The van der Waals surface area contributed by atoms with E-state index >= 15 is 0 Å². The number of aryl methyl sites for hydroxylation is 2. The molecule has 0 unspecified atom stereocenters. The molecule has 3 rings (SSSR count). The highest BCUT2D eigenvalue weighted by Crippen LogP contribution is 2.18. The molecule has 1 fully saturated rings. The van der Waals surface area contributed by atoms with Crippen LogP contribution in [0.4, 0.5) is 0 Å². The zero-order chi connectivity index (χ0) is 18.7. The zero-order valence-corrected chi connectivity index (χ0v) is 15.0. The molecule has 0 aliphatic carbocycles. The van der Waals surface area contributed by atoms with Crippen molar-refractivity contribution in [1.82, 2.24) is 9.80 Å². The van der Waals surface area contributed by atoms with E-state index in [1.54, 1.807) is 16.7 Å². The number of hydrogen-bond donors (Lipinski definition) is 0. The van der Waals surface area contributed by atoms with Crippen molar-refractivity contribution in [2.75, 3.05) is 26.2 Å². The minimum atomic E-state index is -0.154. The summed E-state index contributed by atoms with van der Waals surface area (Å²) >= 11 is 0. The molecule has 2 heterocycles. The average Bonchev–Trinajstić information content (AvgIpc) is 3.04. The molecule has 0 radical (unpaired) electrons.